The molecule has 6 atom stereocenters. The summed E-state index contributed by atoms with van der Waals surface area (Å²) in [4.78, 5) is 26.7. The van der Waals surface area contributed by atoms with Crippen molar-refractivity contribution in [2.24, 2.45) is 0 Å². The van der Waals surface area contributed by atoms with Crippen LogP contribution in [0.4, 0.5) is 0 Å². The summed E-state index contributed by atoms with van der Waals surface area (Å²) >= 11 is 0. The van der Waals surface area contributed by atoms with E-state index in [0.29, 0.717) is 0 Å². The summed E-state index contributed by atoms with van der Waals surface area (Å²) in [5.41, 5.74) is -2.17. The molecular weight excluding hydrogens is 544 g/mol. The highest BCUT2D eigenvalue weighted by molar-refractivity contribution is 5.93. The maximum atomic E-state index is 13.8. The molecule has 3 aromatic carbocycles. The van der Waals surface area contributed by atoms with Crippen LogP contribution in [0.5, 0.6) is 0 Å². The Hall–Kier alpha value is -3.64. The molecule has 2 heterocycles. The molecule has 1 spiro atoms. The number of rotatable bonds is 12. The van der Waals surface area contributed by atoms with Crippen molar-refractivity contribution in [2.45, 2.75) is 55.6 Å². The first-order chi connectivity index (χ1) is 20.4. The minimum Gasteiger partial charge on any atom is -0.466 e. The number of methoxy groups -OCH3 is 2. The van der Waals surface area contributed by atoms with E-state index in [1.54, 1.807) is 0 Å². The van der Waals surface area contributed by atoms with Crippen LogP contribution in [-0.2, 0) is 62.6 Å². The van der Waals surface area contributed by atoms with Gasteiger partial charge in [0.15, 0.2) is 11.9 Å². The molecule has 42 heavy (non-hydrogen) atoms. The van der Waals surface area contributed by atoms with Crippen LogP contribution >= 0.6 is 0 Å². The van der Waals surface area contributed by atoms with Gasteiger partial charge in [-0.3, -0.25) is 0 Å². The number of aliphatic hydroxyl groups is 1. The van der Waals surface area contributed by atoms with Gasteiger partial charge < -0.3 is 38.3 Å². The molecule has 2 fully saturated rings. The van der Waals surface area contributed by atoms with Gasteiger partial charge in [-0.25, -0.2) is 9.59 Å². The van der Waals surface area contributed by atoms with E-state index >= 15 is 0 Å². The number of hydrogen-bond donors (Lipinski definition) is 1. The first-order valence-electron chi connectivity index (χ1n) is 13.6. The molecule has 1 N–H and O–H groups in total. The summed E-state index contributed by atoms with van der Waals surface area (Å²) in [6.07, 6.45) is -5.22. The van der Waals surface area contributed by atoms with Crippen molar-refractivity contribution in [1.29, 1.82) is 0 Å². The van der Waals surface area contributed by atoms with Crippen molar-refractivity contribution < 1.29 is 47.9 Å². The lowest BCUT2D eigenvalue weighted by Gasteiger charge is -2.39. The van der Waals surface area contributed by atoms with Gasteiger partial charge in [0, 0.05) is 7.11 Å². The molecule has 0 unspecified atom stereocenters. The molecule has 3 aromatic rings. The lowest BCUT2D eigenvalue weighted by molar-refractivity contribution is -0.243. The molecular formula is C32H34O10. The molecule has 2 aliphatic heterocycles. The fourth-order valence-corrected chi connectivity index (χ4v) is 5.39. The van der Waals surface area contributed by atoms with Gasteiger partial charge in [-0.05, 0) is 16.7 Å². The second-order valence-electron chi connectivity index (χ2n) is 10.1. The van der Waals surface area contributed by atoms with E-state index in [1.807, 2.05) is 91.0 Å². The Bertz CT molecular complexity index is 1320. The first kappa shape index (κ1) is 29.8. The maximum absolute atomic E-state index is 13.8. The highest BCUT2D eigenvalue weighted by atomic mass is 16.8. The van der Waals surface area contributed by atoms with Crippen molar-refractivity contribution in [3.63, 3.8) is 0 Å². The van der Waals surface area contributed by atoms with Gasteiger partial charge in [-0.1, -0.05) is 91.0 Å². The highest BCUT2D eigenvalue weighted by Gasteiger charge is 2.80. The van der Waals surface area contributed by atoms with Crippen molar-refractivity contribution in [2.75, 3.05) is 20.8 Å². The minimum absolute atomic E-state index is 0.0371. The van der Waals surface area contributed by atoms with E-state index in [-0.39, 0.29) is 19.8 Å². The summed E-state index contributed by atoms with van der Waals surface area (Å²) in [6, 6.07) is 28.0. The predicted octanol–water partition coefficient (Wildman–Crippen LogP) is 2.95. The lowest BCUT2D eigenvalue weighted by atomic mass is 9.77. The number of carbonyl (C=O) groups is 2. The summed E-state index contributed by atoms with van der Waals surface area (Å²) in [5.74, 6) is -1.99. The van der Waals surface area contributed by atoms with Gasteiger partial charge in [-0.2, -0.15) is 0 Å². The van der Waals surface area contributed by atoms with Gasteiger partial charge in [0.05, 0.1) is 33.5 Å². The first-order valence-corrected chi connectivity index (χ1v) is 13.6. The zero-order valence-electron chi connectivity index (χ0n) is 23.4. The van der Waals surface area contributed by atoms with Gasteiger partial charge in [0.1, 0.15) is 12.2 Å². The fraction of sp³-hybridized carbons (Fsp3) is 0.375. The fourth-order valence-electron chi connectivity index (χ4n) is 5.39. The van der Waals surface area contributed by atoms with E-state index in [4.69, 9.17) is 33.2 Å². The molecule has 2 aliphatic rings. The molecule has 0 radical (unpaired) electrons. The molecule has 0 aliphatic carbocycles. The molecule has 5 rings (SSSR count). The average molecular weight is 579 g/mol. The Morgan fingerprint density at radius 1 is 0.810 bits per heavy atom. The molecule has 10 heteroatoms. The van der Waals surface area contributed by atoms with Gasteiger partial charge in [-0.15, -0.1) is 0 Å². The Morgan fingerprint density at radius 3 is 1.86 bits per heavy atom. The third-order valence-electron chi connectivity index (χ3n) is 7.51. The molecule has 0 aromatic heterocycles. The number of benzene rings is 3. The van der Waals surface area contributed by atoms with E-state index in [1.165, 1.54) is 7.11 Å². The van der Waals surface area contributed by atoms with Gasteiger partial charge in [0.25, 0.3) is 0 Å². The molecule has 0 saturated carbocycles. The number of esters is 2. The summed E-state index contributed by atoms with van der Waals surface area (Å²) < 4.78 is 40.8. The van der Waals surface area contributed by atoms with Crippen LogP contribution < -0.4 is 0 Å². The smallest absolute Gasteiger partial charge is 0.350 e. The minimum atomic E-state index is -2.38. The SMILES string of the molecule is COC(=O)[C@H]1OC(=O)[C@]2(O[C@@H](OC)[C@H](OCc3ccccc3)[C@H]2OCc2ccccc2)[C@]1(O)COCc1ccccc1. The summed E-state index contributed by atoms with van der Waals surface area (Å²) in [6.45, 7) is -0.275. The number of ether oxygens (including phenoxy) is 7. The maximum Gasteiger partial charge on any atom is 0.350 e. The largest absolute Gasteiger partial charge is 0.466 e. The second-order valence-corrected chi connectivity index (χ2v) is 10.1. The quantitative estimate of drug-likeness (QED) is 0.321. The zero-order chi connectivity index (χ0) is 29.6. The van der Waals surface area contributed by atoms with Crippen molar-refractivity contribution in [3.8, 4) is 0 Å². The van der Waals surface area contributed by atoms with E-state index < -0.39 is 54.3 Å². The summed E-state index contributed by atoms with van der Waals surface area (Å²) in [7, 11) is 2.52. The standard InChI is InChI=1S/C32H34O10/c1-36-28(33)27-31(35,21-38-18-22-12-6-3-7-13-22)32(30(34)41-27)26(40-20-24-16-10-5-11-17-24)25(29(37-2)42-32)39-19-23-14-8-4-9-15-23/h3-17,25-27,29,35H,18-21H2,1-2H3/t25-,26-,27-,29-,31+,32+/m1/s1. The Balaban J connectivity index is 1.52. The number of hydrogen-bond acceptors (Lipinski definition) is 10. The van der Waals surface area contributed by atoms with E-state index in [0.717, 1.165) is 23.8 Å². The number of carbonyl (C=O) groups excluding carboxylic acids is 2. The van der Waals surface area contributed by atoms with Gasteiger partial charge in [0.2, 0.25) is 11.7 Å². The predicted molar refractivity (Wildman–Crippen MR) is 148 cm³/mol. The summed E-state index contributed by atoms with van der Waals surface area (Å²) in [5, 5.41) is 12.3. The number of cyclic esters (lactones) is 1. The van der Waals surface area contributed by atoms with Crippen LogP contribution in [0.3, 0.4) is 0 Å². The average Bonchev–Trinajstić information content (AvgIpc) is 3.47. The van der Waals surface area contributed by atoms with Crippen molar-refractivity contribution in [3.05, 3.63) is 108 Å². The molecule has 222 valence electrons. The second kappa shape index (κ2) is 13.1. The van der Waals surface area contributed by atoms with E-state index in [2.05, 4.69) is 0 Å². The third-order valence-corrected chi connectivity index (χ3v) is 7.51. The molecule has 10 nitrogen and oxygen atoms in total. The van der Waals surface area contributed by atoms with Crippen LogP contribution in [0.1, 0.15) is 16.7 Å². The van der Waals surface area contributed by atoms with E-state index in [9.17, 15) is 14.7 Å². The Labute approximate surface area is 244 Å². The van der Waals surface area contributed by atoms with Crippen molar-refractivity contribution >= 4 is 11.9 Å². The lowest BCUT2D eigenvalue weighted by Crippen LogP contribution is -2.68. The van der Waals surface area contributed by atoms with Crippen LogP contribution in [0.2, 0.25) is 0 Å². The third kappa shape index (κ3) is 5.69. The van der Waals surface area contributed by atoms with Crippen molar-refractivity contribution in [1.82, 2.24) is 0 Å². The Morgan fingerprint density at radius 2 is 1.33 bits per heavy atom. The van der Waals surface area contributed by atoms with Gasteiger partial charge >= 0.3 is 11.9 Å². The molecule has 2 saturated heterocycles. The topological polar surface area (TPSA) is 119 Å². The zero-order valence-corrected chi connectivity index (χ0v) is 23.4. The van der Waals surface area contributed by atoms with Crippen LogP contribution in [-0.4, -0.2) is 73.7 Å². The van der Waals surface area contributed by atoms with Crippen LogP contribution in [0.25, 0.3) is 0 Å². The normalized spacial score (nSPS) is 28.6. The Kier molecular flexibility index (Phi) is 9.32. The molecule has 0 amide bonds. The molecule has 0 bridgehead atoms. The van der Waals surface area contributed by atoms with Crippen LogP contribution in [0.15, 0.2) is 91.0 Å². The monoisotopic (exact) mass is 578 g/mol. The van der Waals surface area contributed by atoms with Crippen LogP contribution in [0, 0.1) is 0 Å². The highest BCUT2D eigenvalue weighted by Crippen LogP contribution is 2.50.